The minimum absolute atomic E-state index is 0.155. The van der Waals surface area contributed by atoms with Crippen molar-refractivity contribution in [2.75, 3.05) is 13.2 Å². The average molecular weight is 258 g/mol. The first-order valence-corrected chi connectivity index (χ1v) is 6.00. The number of amides is 1. The second-order valence-electron chi connectivity index (χ2n) is 3.87. The summed E-state index contributed by atoms with van der Waals surface area (Å²) in [5, 5.41) is 4.19. The number of ether oxygens (including phenoxy) is 1. The molecule has 0 bridgehead atoms. The van der Waals surface area contributed by atoms with Gasteiger partial charge in [-0.2, -0.15) is 0 Å². The Balaban J connectivity index is 2.15. The van der Waals surface area contributed by atoms with Crippen LogP contribution in [0.1, 0.15) is 17.4 Å². The lowest BCUT2D eigenvalue weighted by atomic mass is 10.1. The van der Waals surface area contributed by atoms with Crippen LogP contribution in [-0.2, 0) is 9.53 Å². The van der Waals surface area contributed by atoms with Crippen molar-refractivity contribution < 1.29 is 14.3 Å². The molecule has 98 valence electrons. The van der Waals surface area contributed by atoms with Crippen LogP contribution in [0.25, 0.3) is 10.8 Å². The Morgan fingerprint density at radius 1 is 1.26 bits per heavy atom. The summed E-state index contributed by atoms with van der Waals surface area (Å²) in [6.07, 6.45) is 1.57. The molecular weight excluding hydrogens is 244 g/mol. The van der Waals surface area contributed by atoms with E-state index in [9.17, 15) is 9.59 Å². The lowest BCUT2D eigenvalue weighted by Crippen LogP contribution is -2.31. The summed E-state index contributed by atoms with van der Waals surface area (Å²) in [4.78, 5) is 27.2. The van der Waals surface area contributed by atoms with E-state index in [0.717, 1.165) is 10.8 Å². The third kappa shape index (κ3) is 3.07. The van der Waals surface area contributed by atoms with Gasteiger partial charge >= 0.3 is 5.97 Å². The number of hydrogen-bond acceptors (Lipinski definition) is 4. The third-order valence-electron chi connectivity index (χ3n) is 2.59. The Hall–Kier alpha value is -2.43. The van der Waals surface area contributed by atoms with Crippen LogP contribution in [0.5, 0.6) is 0 Å². The summed E-state index contributed by atoms with van der Waals surface area (Å²) < 4.78 is 4.74. The highest BCUT2D eigenvalue weighted by molar-refractivity contribution is 6.05. The van der Waals surface area contributed by atoms with Crippen molar-refractivity contribution in [2.24, 2.45) is 0 Å². The molecule has 0 spiro atoms. The topological polar surface area (TPSA) is 68.3 Å². The van der Waals surface area contributed by atoms with Crippen molar-refractivity contribution in [2.45, 2.75) is 6.92 Å². The standard InChI is InChI=1S/C14H14N2O3/c1-2-19-12(17)9-16-14(18)13-11-6-4-3-5-10(11)7-8-15-13/h3-8H,2,9H2,1H3,(H,16,18). The van der Waals surface area contributed by atoms with Crippen molar-refractivity contribution in [1.29, 1.82) is 0 Å². The van der Waals surface area contributed by atoms with Crippen LogP contribution in [0, 0.1) is 0 Å². The molecule has 1 amide bonds. The second kappa shape index (κ2) is 5.95. The number of nitrogens with zero attached hydrogens (tertiary/aromatic N) is 1. The van der Waals surface area contributed by atoms with Gasteiger partial charge in [-0.3, -0.25) is 14.6 Å². The zero-order chi connectivity index (χ0) is 13.7. The smallest absolute Gasteiger partial charge is 0.325 e. The number of esters is 1. The molecular formula is C14H14N2O3. The summed E-state index contributed by atoms with van der Waals surface area (Å²) in [6.45, 7) is 1.85. The van der Waals surface area contributed by atoms with E-state index in [1.165, 1.54) is 0 Å². The SMILES string of the molecule is CCOC(=O)CNC(=O)c1nccc2ccccc12. The molecule has 1 N–H and O–H groups in total. The van der Waals surface area contributed by atoms with Crippen LogP contribution in [0.15, 0.2) is 36.5 Å². The van der Waals surface area contributed by atoms with Gasteiger partial charge in [0.05, 0.1) is 6.61 Å². The summed E-state index contributed by atoms with van der Waals surface area (Å²) >= 11 is 0. The highest BCUT2D eigenvalue weighted by atomic mass is 16.5. The van der Waals surface area contributed by atoms with Gasteiger partial charge in [0.1, 0.15) is 12.2 Å². The number of hydrogen-bond donors (Lipinski definition) is 1. The van der Waals surface area contributed by atoms with Crippen LogP contribution in [0.2, 0.25) is 0 Å². The Morgan fingerprint density at radius 2 is 2.05 bits per heavy atom. The van der Waals surface area contributed by atoms with E-state index in [1.54, 1.807) is 13.1 Å². The van der Waals surface area contributed by atoms with E-state index >= 15 is 0 Å². The van der Waals surface area contributed by atoms with Gasteiger partial charge in [-0.25, -0.2) is 0 Å². The first-order chi connectivity index (χ1) is 9.22. The molecule has 5 heteroatoms. The number of fused-ring (bicyclic) bond motifs is 1. The molecule has 1 aromatic heterocycles. The molecule has 19 heavy (non-hydrogen) atoms. The third-order valence-corrected chi connectivity index (χ3v) is 2.59. The number of nitrogens with one attached hydrogen (secondary N) is 1. The van der Waals surface area contributed by atoms with Gasteiger partial charge in [0.15, 0.2) is 0 Å². The van der Waals surface area contributed by atoms with Gasteiger partial charge in [-0.15, -0.1) is 0 Å². The van der Waals surface area contributed by atoms with Crippen LogP contribution in [0.3, 0.4) is 0 Å². The first kappa shape index (κ1) is 13.0. The molecule has 2 aromatic rings. The zero-order valence-corrected chi connectivity index (χ0v) is 10.6. The van der Waals surface area contributed by atoms with Crippen molar-refractivity contribution in [1.82, 2.24) is 10.3 Å². The minimum Gasteiger partial charge on any atom is -0.465 e. The first-order valence-electron chi connectivity index (χ1n) is 6.00. The minimum atomic E-state index is -0.462. The van der Waals surface area contributed by atoms with E-state index in [4.69, 9.17) is 4.74 Å². The summed E-state index contributed by atoms with van der Waals surface area (Å²) in [5.74, 6) is -0.846. The molecule has 0 aliphatic carbocycles. The molecule has 0 atom stereocenters. The number of benzene rings is 1. The zero-order valence-electron chi connectivity index (χ0n) is 10.6. The number of pyridine rings is 1. The molecule has 0 radical (unpaired) electrons. The quantitative estimate of drug-likeness (QED) is 0.844. The maximum Gasteiger partial charge on any atom is 0.325 e. The molecule has 0 saturated carbocycles. The van der Waals surface area contributed by atoms with E-state index in [1.807, 2.05) is 30.3 Å². The van der Waals surface area contributed by atoms with Gasteiger partial charge in [0, 0.05) is 11.6 Å². The molecule has 2 rings (SSSR count). The van der Waals surface area contributed by atoms with Crippen LogP contribution in [-0.4, -0.2) is 30.0 Å². The Labute approximate surface area is 110 Å². The van der Waals surface area contributed by atoms with E-state index in [2.05, 4.69) is 10.3 Å². The fraction of sp³-hybridized carbons (Fsp3) is 0.214. The number of aromatic nitrogens is 1. The number of rotatable bonds is 4. The molecule has 0 saturated heterocycles. The van der Waals surface area contributed by atoms with E-state index in [0.29, 0.717) is 12.3 Å². The highest BCUT2D eigenvalue weighted by Gasteiger charge is 2.12. The van der Waals surface area contributed by atoms with E-state index < -0.39 is 5.97 Å². The lowest BCUT2D eigenvalue weighted by Gasteiger charge is -2.06. The Morgan fingerprint density at radius 3 is 2.84 bits per heavy atom. The molecule has 1 heterocycles. The van der Waals surface area contributed by atoms with Gasteiger partial charge in [-0.05, 0) is 18.4 Å². The number of carbonyl (C=O) groups is 2. The monoisotopic (exact) mass is 258 g/mol. The second-order valence-corrected chi connectivity index (χ2v) is 3.87. The largest absolute Gasteiger partial charge is 0.465 e. The summed E-state index contributed by atoms with van der Waals surface area (Å²) in [7, 11) is 0. The molecule has 5 nitrogen and oxygen atoms in total. The Kier molecular flexibility index (Phi) is 4.07. The van der Waals surface area contributed by atoms with Gasteiger partial charge in [0.2, 0.25) is 0 Å². The van der Waals surface area contributed by atoms with Crippen LogP contribution < -0.4 is 5.32 Å². The lowest BCUT2D eigenvalue weighted by molar-refractivity contribution is -0.141. The number of carbonyl (C=O) groups excluding carboxylic acids is 2. The molecule has 0 aliphatic rings. The van der Waals surface area contributed by atoms with Crippen molar-refractivity contribution in [3.8, 4) is 0 Å². The van der Waals surface area contributed by atoms with Gasteiger partial charge < -0.3 is 10.1 Å². The maximum absolute atomic E-state index is 12.0. The van der Waals surface area contributed by atoms with Crippen LogP contribution >= 0.6 is 0 Å². The summed E-state index contributed by atoms with van der Waals surface area (Å²) in [6, 6.07) is 9.28. The van der Waals surface area contributed by atoms with Crippen molar-refractivity contribution >= 4 is 22.6 Å². The normalized spacial score (nSPS) is 10.2. The molecule has 0 aliphatic heterocycles. The van der Waals surface area contributed by atoms with Crippen LogP contribution in [0.4, 0.5) is 0 Å². The fourth-order valence-electron chi connectivity index (χ4n) is 1.75. The molecule has 0 unspecified atom stereocenters. The van der Waals surface area contributed by atoms with E-state index in [-0.39, 0.29) is 12.5 Å². The Bertz CT molecular complexity index is 605. The fourth-order valence-corrected chi connectivity index (χ4v) is 1.75. The van der Waals surface area contributed by atoms with Gasteiger partial charge in [-0.1, -0.05) is 24.3 Å². The van der Waals surface area contributed by atoms with Crippen molar-refractivity contribution in [3.05, 3.63) is 42.2 Å². The van der Waals surface area contributed by atoms with Gasteiger partial charge in [0.25, 0.3) is 5.91 Å². The summed E-state index contributed by atoms with van der Waals surface area (Å²) in [5.41, 5.74) is 0.308. The molecule has 1 aromatic carbocycles. The van der Waals surface area contributed by atoms with Crippen molar-refractivity contribution in [3.63, 3.8) is 0 Å². The maximum atomic E-state index is 12.0. The predicted octanol–water partition coefficient (Wildman–Crippen LogP) is 1.53. The highest BCUT2D eigenvalue weighted by Crippen LogP contribution is 2.15. The molecule has 0 fully saturated rings. The average Bonchev–Trinajstić information content (AvgIpc) is 2.44. The predicted molar refractivity (Wildman–Crippen MR) is 70.7 cm³/mol.